The second kappa shape index (κ2) is 12.7. The highest BCUT2D eigenvalue weighted by molar-refractivity contribution is 7.93. The van der Waals surface area contributed by atoms with Crippen LogP contribution in [0.4, 0.5) is 11.4 Å². The SMILES string of the molecule is COc1ccc(N(CC(=O)N/N=C\c2cc3ccc(OC)cc3nc2Cl)S(=O)(=O)c2ccccc2[N+](=O)[O-])c(OC)c1. The number of carbonyl (C=O) groups is 1. The molecular weight excluding hydrogens is 590 g/mol. The van der Waals surface area contributed by atoms with Crippen LogP contribution in [0.3, 0.4) is 0 Å². The minimum Gasteiger partial charge on any atom is -0.497 e. The Morgan fingerprint density at radius 1 is 1.05 bits per heavy atom. The van der Waals surface area contributed by atoms with Gasteiger partial charge in [0.05, 0.1) is 43.7 Å². The lowest BCUT2D eigenvalue weighted by atomic mass is 10.1. The number of rotatable bonds is 11. The number of nitro benzene ring substituents is 1. The molecule has 0 aliphatic heterocycles. The Labute approximate surface area is 245 Å². The number of benzene rings is 3. The number of hydrogen-bond donors (Lipinski definition) is 1. The topological polar surface area (TPSA) is 163 Å². The van der Waals surface area contributed by atoms with E-state index in [-0.39, 0.29) is 16.6 Å². The molecule has 13 nitrogen and oxygen atoms in total. The van der Waals surface area contributed by atoms with Gasteiger partial charge in [-0.3, -0.25) is 19.2 Å². The molecule has 0 aliphatic rings. The van der Waals surface area contributed by atoms with E-state index >= 15 is 0 Å². The number of nitrogens with one attached hydrogen (secondary N) is 1. The van der Waals surface area contributed by atoms with Crippen molar-refractivity contribution < 1.29 is 32.3 Å². The maximum Gasteiger partial charge on any atom is 0.289 e. The van der Waals surface area contributed by atoms with Gasteiger partial charge in [-0.2, -0.15) is 5.10 Å². The first-order chi connectivity index (χ1) is 20.1. The molecule has 0 saturated heterocycles. The third-order valence-electron chi connectivity index (χ3n) is 5.97. The molecule has 15 heteroatoms. The van der Waals surface area contributed by atoms with Crippen molar-refractivity contribution in [1.82, 2.24) is 10.4 Å². The Morgan fingerprint density at radius 3 is 2.43 bits per heavy atom. The third-order valence-corrected chi connectivity index (χ3v) is 8.08. The van der Waals surface area contributed by atoms with Gasteiger partial charge in [-0.25, -0.2) is 18.8 Å². The number of fused-ring (bicyclic) bond motifs is 1. The smallest absolute Gasteiger partial charge is 0.289 e. The quantitative estimate of drug-likeness (QED) is 0.113. The lowest BCUT2D eigenvalue weighted by Gasteiger charge is -2.25. The van der Waals surface area contributed by atoms with Crippen LogP contribution in [0.15, 0.2) is 76.7 Å². The Kier molecular flexibility index (Phi) is 9.08. The summed E-state index contributed by atoms with van der Waals surface area (Å²) in [4.78, 5) is 27.5. The number of amides is 1. The lowest BCUT2D eigenvalue weighted by Crippen LogP contribution is -2.40. The van der Waals surface area contributed by atoms with Crippen molar-refractivity contribution in [1.29, 1.82) is 0 Å². The zero-order valence-corrected chi connectivity index (χ0v) is 24.0. The van der Waals surface area contributed by atoms with E-state index in [1.807, 2.05) is 0 Å². The number of carbonyl (C=O) groups excluding carboxylic acids is 1. The van der Waals surface area contributed by atoms with Gasteiger partial charge in [0.2, 0.25) is 0 Å². The zero-order chi connectivity index (χ0) is 30.4. The van der Waals surface area contributed by atoms with Gasteiger partial charge in [0, 0.05) is 29.1 Å². The monoisotopic (exact) mass is 613 g/mol. The number of para-hydroxylation sites is 1. The molecule has 0 fully saturated rings. The number of ether oxygens (including phenoxy) is 3. The van der Waals surface area contributed by atoms with Crippen LogP contribution in [0.1, 0.15) is 5.56 Å². The van der Waals surface area contributed by atoms with Gasteiger partial charge in [-0.15, -0.1) is 0 Å². The van der Waals surface area contributed by atoms with E-state index in [0.29, 0.717) is 26.9 Å². The Balaban J connectivity index is 1.66. The fourth-order valence-corrected chi connectivity index (χ4v) is 5.72. The summed E-state index contributed by atoms with van der Waals surface area (Å²) >= 11 is 6.28. The predicted molar refractivity (Wildman–Crippen MR) is 156 cm³/mol. The predicted octanol–water partition coefficient (Wildman–Crippen LogP) is 4.17. The van der Waals surface area contributed by atoms with Crippen LogP contribution in [0.5, 0.6) is 17.2 Å². The van der Waals surface area contributed by atoms with E-state index in [2.05, 4.69) is 15.5 Å². The van der Waals surface area contributed by atoms with Gasteiger partial charge in [-0.05, 0) is 36.4 Å². The summed E-state index contributed by atoms with van der Waals surface area (Å²) in [6, 6.07) is 16.0. The van der Waals surface area contributed by atoms with Crippen LogP contribution in [0.25, 0.3) is 10.9 Å². The molecule has 1 heterocycles. The molecule has 0 atom stereocenters. The number of aromatic nitrogens is 1. The summed E-state index contributed by atoms with van der Waals surface area (Å²) < 4.78 is 44.0. The van der Waals surface area contributed by atoms with Gasteiger partial charge < -0.3 is 14.2 Å². The average Bonchev–Trinajstić information content (AvgIpc) is 2.99. The summed E-state index contributed by atoms with van der Waals surface area (Å²) in [6.45, 7) is -0.808. The standard InChI is InChI=1S/C27H24ClN5O8S/c1-39-19-9-8-17-12-18(27(28)30-21(17)13-19)15-29-31-26(34)16-32(22-11-10-20(40-2)14-24(22)41-3)42(37,38)25-7-5-4-6-23(25)33(35)36/h4-15H,16H2,1-3H3,(H,31,34)/b29-15-. The van der Waals surface area contributed by atoms with Gasteiger partial charge in [0.1, 0.15) is 28.9 Å². The number of hydrogen-bond acceptors (Lipinski definition) is 10. The van der Waals surface area contributed by atoms with E-state index < -0.39 is 38.0 Å². The molecule has 4 aromatic rings. The molecule has 0 radical (unpaired) electrons. The Hall–Kier alpha value is -4.95. The molecule has 3 aromatic carbocycles. The minimum absolute atomic E-state index is 0.0402. The first-order valence-electron chi connectivity index (χ1n) is 12.0. The first-order valence-corrected chi connectivity index (χ1v) is 13.8. The summed E-state index contributed by atoms with van der Waals surface area (Å²) in [6.07, 6.45) is 1.26. The first kappa shape index (κ1) is 30.0. The van der Waals surface area contributed by atoms with Crippen molar-refractivity contribution >= 4 is 56.0 Å². The minimum atomic E-state index is -4.67. The average molecular weight is 614 g/mol. The molecule has 0 bridgehead atoms. The number of pyridine rings is 1. The molecule has 4 rings (SSSR count). The second-order valence-electron chi connectivity index (χ2n) is 8.49. The summed E-state index contributed by atoms with van der Waals surface area (Å²) in [5.74, 6) is 0.139. The van der Waals surface area contributed by atoms with Crippen LogP contribution >= 0.6 is 11.6 Å². The van der Waals surface area contributed by atoms with E-state index in [1.54, 1.807) is 24.3 Å². The van der Waals surface area contributed by atoms with E-state index in [0.717, 1.165) is 17.5 Å². The third kappa shape index (κ3) is 6.34. The van der Waals surface area contributed by atoms with Crippen molar-refractivity contribution in [2.75, 3.05) is 32.2 Å². The molecule has 0 aliphatic carbocycles. The van der Waals surface area contributed by atoms with Gasteiger partial charge in [0.15, 0.2) is 4.90 Å². The maximum absolute atomic E-state index is 13.8. The van der Waals surface area contributed by atoms with Crippen molar-refractivity contribution in [3.05, 3.63) is 87.6 Å². The van der Waals surface area contributed by atoms with Crippen molar-refractivity contribution in [3.8, 4) is 17.2 Å². The van der Waals surface area contributed by atoms with Crippen molar-refractivity contribution in [2.45, 2.75) is 4.90 Å². The van der Waals surface area contributed by atoms with Crippen LogP contribution in [-0.2, 0) is 14.8 Å². The number of halogens is 1. The van der Waals surface area contributed by atoms with Crippen LogP contribution in [0.2, 0.25) is 5.15 Å². The highest BCUT2D eigenvalue weighted by atomic mass is 35.5. The molecule has 218 valence electrons. The number of methoxy groups -OCH3 is 3. The number of nitrogens with zero attached hydrogens (tertiary/aromatic N) is 4. The van der Waals surface area contributed by atoms with Crippen molar-refractivity contribution in [2.24, 2.45) is 5.10 Å². The molecular formula is C27H24ClN5O8S. The second-order valence-corrected chi connectivity index (χ2v) is 10.7. The van der Waals surface area contributed by atoms with E-state index in [1.165, 1.54) is 57.9 Å². The number of sulfonamides is 1. The Morgan fingerprint density at radius 2 is 1.74 bits per heavy atom. The summed E-state index contributed by atoms with van der Waals surface area (Å²) in [5.41, 5.74) is 2.51. The molecule has 1 aromatic heterocycles. The van der Waals surface area contributed by atoms with Crippen LogP contribution in [0, 0.1) is 10.1 Å². The normalized spacial score (nSPS) is 11.3. The highest BCUT2D eigenvalue weighted by Gasteiger charge is 2.34. The molecule has 42 heavy (non-hydrogen) atoms. The molecule has 1 amide bonds. The number of nitro groups is 1. The highest BCUT2D eigenvalue weighted by Crippen LogP contribution is 2.37. The van der Waals surface area contributed by atoms with Crippen molar-refractivity contribution in [3.63, 3.8) is 0 Å². The fourth-order valence-electron chi connectivity index (χ4n) is 3.93. The largest absolute Gasteiger partial charge is 0.497 e. The zero-order valence-electron chi connectivity index (χ0n) is 22.5. The van der Waals surface area contributed by atoms with Gasteiger partial charge in [0.25, 0.3) is 21.6 Å². The molecule has 0 saturated carbocycles. The Bertz CT molecular complexity index is 1800. The van der Waals surface area contributed by atoms with Crippen LogP contribution in [-0.4, -0.2) is 58.3 Å². The number of anilines is 1. The molecule has 0 unspecified atom stereocenters. The van der Waals surface area contributed by atoms with Crippen LogP contribution < -0.4 is 23.9 Å². The van der Waals surface area contributed by atoms with Gasteiger partial charge in [-0.1, -0.05) is 23.7 Å². The van der Waals surface area contributed by atoms with Gasteiger partial charge >= 0.3 is 0 Å². The molecule has 0 spiro atoms. The maximum atomic E-state index is 13.8. The van der Waals surface area contributed by atoms with E-state index in [4.69, 9.17) is 25.8 Å². The lowest BCUT2D eigenvalue weighted by molar-refractivity contribution is -0.387. The number of hydrazone groups is 1. The van der Waals surface area contributed by atoms with E-state index in [9.17, 15) is 23.3 Å². The molecule has 1 N–H and O–H groups in total. The fraction of sp³-hybridized carbons (Fsp3) is 0.148. The summed E-state index contributed by atoms with van der Waals surface area (Å²) in [5, 5.41) is 16.4. The summed E-state index contributed by atoms with van der Waals surface area (Å²) in [7, 11) is -0.428.